The van der Waals surface area contributed by atoms with Gasteiger partial charge in [-0.05, 0) is 80.8 Å². The molecule has 5 rings (SSSR count). The molecule has 1 heterocycles. The highest BCUT2D eigenvalue weighted by molar-refractivity contribution is 5.87. The second kappa shape index (κ2) is 5.72. The van der Waals surface area contributed by atoms with Gasteiger partial charge < -0.3 is 10.0 Å². The lowest BCUT2D eigenvalue weighted by molar-refractivity contribution is -0.173. The van der Waals surface area contributed by atoms with Crippen LogP contribution in [-0.4, -0.2) is 34.5 Å². The summed E-state index contributed by atoms with van der Waals surface area (Å²) >= 11 is 0. The number of allylic oxidation sites excluding steroid dienone is 4. The summed E-state index contributed by atoms with van der Waals surface area (Å²) in [6.45, 7) is 9.00. The molecule has 1 saturated heterocycles. The van der Waals surface area contributed by atoms with Crippen molar-refractivity contribution in [3.8, 4) is 0 Å². The van der Waals surface area contributed by atoms with E-state index < -0.39 is 5.60 Å². The van der Waals surface area contributed by atoms with E-state index in [1.165, 1.54) is 37.2 Å². The maximum absolute atomic E-state index is 12.7. The average molecular weight is 370 g/mol. The molecule has 0 radical (unpaired) electrons. The van der Waals surface area contributed by atoms with Crippen LogP contribution in [0.25, 0.3) is 0 Å². The molecule has 0 aromatic carbocycles. The Morgan fingerprint density at radius 2 is 1.85 bits per heavy atom. The molecule has 1 aliphatic heterocycles. The normalized spacial score (nSPS) is 49.3. The number of likely N-dealkylation sites (tertiary alicyclic amines) is 1. The van der Waals surface area contributed by atoms with Crippen molar-refractivity contribution >= 4 is 5.78 Å². The fourth-order valence-electron chi connectivity index (χ4n) is 8.11. The van der Waals surface area contributed by atoms with Gasteiger partial charge in [-0.1, -0.05) is 19.9 Å². The zero-order valence-corrected chi connectivity index (χ0v) is 17.3. The number of hydrogen-bond acceptors (Lipinski definition) is 3. The van der Waals surface area contributed by atoms with E-state index in [1.54, 1.807) is 0 Å². The van der Waals surface area contributed by atoms with E-state index in [2.05, 4.69) is 30.9 Å². The third-order valence-electron chi connectivity index (χ3n) is 9.17. The molecular formula is C24H35NO2. The van der Waals surface area contributed by atoms with Gasteiger partial charge in [-0.3, -0.25) is 4.79 Å². The number of nitrogens with zero attached hydrogens (tertiary/aromatic N) is 1. The van der Waals surface area contributed by atoms with E-state index in [0.717, 1.165) is 25.7 Å². The lowest BCUT2D eigenvalue weighted by Gasteiger charge is -2.61. The molecule has 1 N–H and O–H groups in total. The molecule has 27 heavy (non-hydrogen) atoms. The number of aliphatic hydroxyl groups is 1. The van der Waals surface area contributed by atoms with Crippen LogP contribution in [0, 0.1) is 28.6 Å². The Balaban J connectivity index is 1.54. The second-order valence-electron chi connectivity index (χ2n) is 10.8. The quantitative estimate of drug-likeness (QED) is 0.741. The van der Waals surface area contributed by atoms with E-state index in [9.17, 15) is 9.90 Å². The average Bonchev–Trinajstić information content (AvgIpc) is 3.22. The summed E-state index contributed by atoms with van der Waals surface area (Å²) in [5, 5.41) is 11.7. The standard InChI is InChI=1S/C24H35NO2/c1-22-11-10-17(25-12-4-5-13-25)14-16(22)6-7-18-19-8-9-20(26)23(19,2)15-24(3,27)21(18)22/h6,14,18-19,21,27H,4-5,7-13,15H2,1-3H3/t18?,19?,21?,22?,23?,24-/m0/s1. The van der Waals surface area contributed by atoms with Crippen molar-refractivity contribution in [3.05, 3.63) is 23.4 Å². The molecule has 3 heteroatoms. The molecule has 0 spiro atoms. The van der Waals surface area contributed by atoms with Gasteiger partial charge in [0.25, 0.3) is 0 Å². The molecule has 4 aliphatic carbocycles. The van der Waals surface area contributed by atoms with Crippen LogP contribution >= 0.6 is 0 Å². The van der Waals surface area contributed by atoms with Crippen molar-refractivity contribution in [2.24, 2.45) is 28.6 Å². The van der Waals surface area contributed by atoms with E-state index >= 15 is 0 Å². The molecule has 5 unspecified atom stereocenters. The van der Waals surface area contributed by atoms with Crippen molar-refractivity contribution in [3.63, 3.8) is 0 Å². The first-order valence-electron chi connectivity index (χ1n) is 11.2. The van der Waals surface area contributed by atoms with Gasteiger partial charge in [0.15, 0.2) is 0 Å². The van der Waals surface area contributed by atoms with Crippen LogP contribution in [0.5, 0.6) is 0 Å². The zero-order chi connectivity index (χ0) is 19.0. The maximum atomic E-state index is 12.7. The molecule has 3 fully saturated rings. The minimum Gasteiger partial charge on any atom is -0.390 e. The molecule has 148 valence electrons. The number of rotatable bonds is 1. The van der Waals surface area contributed by atoms with E-state index in [1.807, 2.05) is 6.92 Å². The minimum absolute atomic E-state index is 0.0443. The first kappa shape index (κ1) is 18.0. The summed E-state index contributed by atoms with van der Waals surface area (Å²) in [4.78, 5) is 15.3. The van der Waals surface area contributed by atoms with Gasteiger partial charge in [0.2, 0.25) is 0 Å². The Bertz CT molecular complexity index is 729. The number of Topliss-reactive ketones (excluding diaryl/α,β-unsaturated/α-hetero) is 1. The Morgan fingerprint density at radius 1 is 1.11 bits per heavy atom. The molecule has 6 atom stereocenters. The van der Waals surface area contributed by atoms with Gasteiger partial charge >= 0.3 is 0 Å². The van der Waals surface area contributed by atoms with Crippen LogP contribution in [0.4, 0.5) is 0 Å². The fraction of sp³-hybridized carbons (Fsp3) is 0.792. The predicted molar refractivity (Wildman–Crippen MR) is 107 cm³/mol. The van der Waals surface area contributed by atoms with Crippen LogP contribution < -0.4 is 0 Å². The van der Waals surface area contributed by atoms with E-state index in [0.29, 0.717) is 30.5 Å². The number of carbonyl (C=O) groups excluding carboxylic acids is 1. The van der Waals surface area contributed by atoms with Crippen LogP contribution in [-0.2, 0) is 4.79 Å². The molecule has 0 aromatic rings. The monoisotopic (exact) mass is 369 g/mol. The Morgan fingerprint density at radius 3 is 2.59 bits per heavy atom. The number of ketones is 1. The van der Waals surface area contributed by atoms with Gasteiger partial charge in [0.05, 0.1) is 5.60 Å². The van der Waals surface area contributed by atoms with Crippen molar-refractivity contribution in [1.82, 2.24) is 4.90 Å². The largest absolute Gasteiger partial charge is 0.390 e. The van der Waals surface area contributed by atoms with Crippen LogP contribution in [0.3, 0.4) is 0 Å². The lowest BCUT2D eigenvalue weighted by atomic mass is 9.44. The van der Waals surface area contributed by atoms with E-state index in [-0.39, 0.29) is 16.7 Å². The fourth-order valence-corrected chi connectivity index (χ4v) is 8.11. The van der Waals surface area contributed by atoms with Crippen molar-refractivity contribution in [2.45, 2.75) is 77.7 Å². The SMILES string of the molecule is CC12C[C@](C)(O)C3C(CC=C4C=C(N5CCCC5)CCC43C)C1CCC2=O. The second-order valence-corrected chi connectivity index (χ2v) is 10.8. The summed E-state index contributed by atoms with van der Waals surface area (Å²) in [5.74, 6) is 1.56. The highest BCUT2D eigenvalue weighted by atomic mass is 16.3. The Hall–Kier alpha value is -1.09. The van der Waals surface area contributed by atoms with Crippen LogP contribution in [0.2, 0.25) is 0 Å². The first-order chi connectivity index (χ1) is 12.8. The van der Waals surface area contributed by atoms with Gasteiger partial charge in [-0.2, -0.15) is 0 Å². The summed E-state index contributed by atoms with van der Waals surface area (Å²) < 4.78 is 0. The third-order valence-corrected chi connectivity index (χ3v) is 9.17. The Labute approximate surface area is 163 Å². The topological polar surface area (TPSA) is 40.5 Å². The highest BCUT2D eigenvalue weighted by Gasteiger charge is 2.64. The first-order valence-corrected chi connectivity index (χ1v) is 11.2. The molecule has 0 amide bonds. The Kier molecular flexibility index (Phi) is 3.81. The summed E-state index contributed by atoms with van der Waals surface area (Å²) in [6.07, 6.45) is 13.3. The van der Waals surface area contributed by atoms with E-state index in [4.69, 9.17) is 0 Å². The number of hydrogen-bond donors (Lipinski definition) is 1. The molecular weight excluding hydrogens is 334 g/mol. The molecule has 0 bridgehead atoms. The molecule has 3 nitrogen and oxygen atoms in total. The van der Waals surface area contributed by atoms with Gasteiger partial charge in [0.1, 0.15) is 5.78 Å². The van der Waals surface area contributed by atoms with Gasteiger partial charge in [-0.15, -0.1) is 0 Å². The third kappa shape index (κ3) is 2.39. The van der Waals surface area contributed by atoms with Crippen LogP contribution in [0.1, 0.15) is 72.1 Å². The molecule has 0 aromatic heterocycles. The van der Waals surface area contributed by atoms with Gasteiger partial charge in [0, 0.05) is 36.5 Å². The number of fused-ring (bicyclic) bond motifs is 5. The summed E-state index contributed by atoms with van der Waals surface area (Å²) in [5.41, 5.74) is 1.96. The smallest absolute Gasteiger partial charge is 0.139 e. The minimum atomic E-state index is -0.761. The maximum Gasteiger partial charge on any atom is 0.139 e. The number of carbonyl (C=O) groups is 1. The summed E-state index contributed by atoms with van der Waals surface area (Å²) in [7, 11) is 0. The van der Waals surface area contributed by atoms with Crippen molar-refractivity contribution < 1.29 is 9.90 Å². The molecule has 2 saturated carbocycles. The highest BCUT2D eigenvalue weighted by Crippen LogP contribution is 2.66. The zero-order valence-electron chi connectivity index (χ0n) is 17.3. The van der Waals surface area contributed by atoms with Crippen molar-refractivity contribution in [1.29, 1.82) is 0 Å². The summed E-state index contributed by atoms with van der Waals surface area (Å²) in [6, 6.07) is 0. The van der Waals surface area contributed by atoms with Crippen molar-refractivity contribution in [2.75, 3.05) is 13.1 Å². The molecule has 5 aliphatic rings. The lowest BCUT2D eigenvalue weighted by Crippen LogP contribution is -2.61. The predicted octanol–water partition coefficient (Wildman–Crippen LogP) is 4.47. The van der Waals surface area contributed by atoms with Gasteiger partial charge in [-0.25, -0.2) is 0 Å². The van der Waals surface area contributed by atoms with Crippen LogP contribution in [0.15, 0.2) is 23.4 Å².